The van der Waals surface area contributed by atoms with Crippen LogP contribution in [0.4, 0.5) is 11.4 Å². The lowest BCUT2D eigenvalue weighted by molar-refractivity contribution is 0.0982. The van der Waals surface area contributed by atoms with Gasteiger partial charge in [0, 0.05) is 35.0 Å². The summed E-state index contributed by atoms with van der Waals surface area (Å²) in [5, 5.41) is 0.184. The smallest absolute Gasteiger partial charge is 0.258 e. The van der Waals surface area contributed by atoms with E-state index in [4.69, 9.17) is 0 Å². The molecule has 1 aliphatic heterocycles. The normalized spacial score (nSPS) is 20.9. The molecule has 1 spiro atoms. The van der Waals surface area contributed by atoms with Crippen molar-refractivity contribution in [3.63, 3.8) is 0 Å². The van der Waals surface area contributed by atoms with Crippen LogP contribution in [-0.4, -0.2) is 36.9 Å². The van der Waals surface area contributed by atoms with Gasteiger partial charge in [-0.25, -0.2) is 8.42 Å². The third-order valence-corrected chi connectivity index (χ3v) is 10.00. The number of amides is 1. The minimum absolute atomic E-state index is 0.0854. The summed E-state index contributed by atoms with van der Waals surface area (Å²) in [6, 6.07) is 12.8. The fraction of sp³-hybridized carbons (Fsp3) is 0.500. The zero-order valence-corrected chi connectivity index (χ0v) is 21.2. The van der Waals surface area contributed by atoms with Crippen molar-refractivity contribution in [2.45, 2.75) is 73.3 Å². The van der Waals surface area contributed by atoms with Crippen LogP contribution in [0.5, 0.6) is 0 Å². The summed E-state index contributed by atoms with van der Waals surface area (Å²) >= 11 is -1.09. The van der Waals surface area contributed by atoms with E-state index in [9.17, 15) is 17.8 Å². The minimum Gasteiger partial charge on any atom is -0.611 e. The topological polar surface area (TPSA) is 89.5 Å². The lowest BCUT2D eigenvalue weighted by Crippen LogP contribution is -2.38. The van der Waals surface area contributed by atoms with E-state index in [1.807, 2.05) is 41.3 Å². The summed E-state index contributed by atoms with van der Waals surface area (Å²) in [4.78, 5) is 16.3. The molecule has 1 heterocycles. The van der Waals surface area contributed by atoms with E-state index in [2.05, 4.69) is 4.72 Å². The third kappa shape index (κ3) is 4.60. The minimum atomic E-state index is -3.39. The van der Waals surface area contributed by atoms with Gasteiger partial charge < -0.3 is 9.45 Å². The monoisotopic (exact) mass is 500 g/mol. The molecule has 1 N–H and O–H groups in total. The highest BCUT2D eigenvalue weighted by Gasteiger charge is 2.45. The molecule has 2 aliphatic carbocycles. The number of carbonyl (C=O) groups is 1. The fourth-order valence-corrected chi connectivity index (χ4v) is 8.15. The number of nitrogens with one attached hydrogen (secondary N) is 1. The van der Waals surface area contributed by atoms with Gasteiger partial charge >= 0.3 is 0 Å². The Morgan fingerprint density at radius 1 is 1.06 bits per heavy atom. The first-order chi connectivity index (χ1) is 16.3. The Bertz CT molecular complexity index is 1190. The van der Waals surface area contributed by atoms with Crippen LogP contribution in [0.1, 0.15) is 73.7 Å². The Labute approximate surface area is 205 Å². The summed E-state index contributed by atoms with van der Waals surface area (Å²) < 4.78 is 39.3. The Morgan fingerprint density at radius 3 is 2.50 bits per heavy atom. The molecule has 1 amide bonds. The Balaban J connectivity index is 1.48. The second-order valence-corrected chi connectivity index (χ2v) is 13.6. The second kappa shape index (κ2) is 9.21. The number of rotatable bonds is 5. The van der Waals surface area contributed by atoms with Crippen molar-refractivity contribution in [2.75, 3.05) is 22.4 Å². The highest BCUT2D eigenvalue weighted by molar-refractivity contribution is 7.92. The molecule has 5 rings (SSSR count). The number of sulfonamides is 1. The van der Waals surface area contributed by atoms with Crippen LogP contribution in [0.2, 0.25) is 0 Å². The SMILES string of the molecule is CS(=O)(=O)Nc1ccc2c(c1)C1(CCCCC1)CN2C(=O)c1cccc([S+]([O-])C2CCCC2)c1. The first-order valence-electron chi connectivity index (χ1n) is 12.2. The number of nitrogens with zero attached hydrogens (tertiary/aromatic N) is 1. The van der Waals surface area contributed by atoms with Gasteiger partial charge in [-0.05, 0) is 85.6 Å². The van der Waals surface area contributed by atoms with E-state index >= 15 is 0 Å². The molecule has 2 fully saturated rings. The van der Waals surface area contributed by atoms with Crippen LogP contribution in [-0.2, 0) is 26.6 Å². The summed E-state index contributed by atoms with van der Waals surface area (Å²) in [6.45, 7) is 0.597. The van der Waals surface area contributed by atoms with Gasteiger partial charge in [-0.3, -0.25) is 9.52 Å². The van der Waals surface area contributed by atoms with E-state index in [-0.39, 0.29) is 16.6 Å². The fourth-order valence-electron chi connectivity index (χ4n) is 5.99. The largest absolute Gasteiger partial charge is 0.611 e. The Morgan fingerprint density at radius 2 is 1.79 bits per heavy atom. The van der Waals surface area contributed by atoms with Gasteiger partial charge in [0.25, 0.3) is 5.91 Å². The van der Waals surface area contributed by atoms with Crippen molar-refractivity contribution < 1.29 is 17.8 Å². The first kappa shape index (κ1) is 23.7. The van der Waals surface area contributed by atoms with E-state index < -0.39 is 21.2 Å². The molecule has 0 saturated heterocycles. The van der Waals surface area contributed by atoms with Crippen molar-refractivity contribution in [1.82, 2.24) is 0 Å². The van der Waals surface area contributed by atoms with Crippen molar-refractivity contribution >= 4 is 38.5 Å². The molecule has 0 radical (unpaired) electrons. The summed E-state index contributed by atoms with van der Waals surface area (Å²) in [7, 11) is -3.39. The number of hydrogen-bond acceptors (Lipinski definition) is 4. The summed E-state index contributed by atoms with van der Waals surface area (Å²) in [6.07, 6.45) is 10.7. The van der Waals surface area contributed by atoms with E-state index in [1.54, 1.807) is 6.07 Å². The maximum absolute atomic E-state index is 13.8. The molecule has 2 aromatic rings. The molecule has 2 aromatic carbocycles. The lowest BCUT2D eigenvalue weighted by Gasteiger charge is -2.34. The van der Waals surface area contributed by atoms with Crippen LogP contribution in [0.25, 0.3) is 0 Å². The van der Waals surface area contributed by atoms with Gasteiger partial charge in [-0.15, -0.1) is 0 Å². The van der Waals surface area contributed by atoms with Crippen LogP contribution < -0.4 is 9.62 Å². The molecule has 3 aliphatic rings. The molecule has 2 saturated carbocycles. The average Bonchev–Trinajstić information content (AvgIpc) is 3.45. The van der Waals surface area contributed by atoms with E-state index in [0.717, 1.165) is 73.8 Å². The third-order valence-electron chi connectivity index (χ3n) is 7.60. The predicted molar refractivity (Wildman–Crippen MR) is 136 cm³/mol. The maximum Gasteiger partial charge on any atom is 0.258 e. The van der Waals surface area contributed by atoms with Crippen molar-refractivity contribution in [3.8, 4) is 0 Å². The number of benzene rings is 2. The molecule has 0 aromatic heterocycles. The predicted octanol–water partition coefficient (Wildman–Crippen LogP) is 4.97. The van der Waals surface area contributed by atoms with Gasteiger partial charge in [0.15, 0.2) is 4.90 Å². The molecule has 8 heteroatoms. The number of fused-ring (bicyclic) bond motifs is 2. The van der Waals surface area contributed by atoms with Gasteiger partial charge in [-0.1, -0.05) is 25.3 Å². The van der Waals surface area contributed by atoms with Crippen LogP contribution >= 0.6 is 0 Å². The highest BCUT2D eigenvalue weighted by atomic mass is 32.2. The molecule has 1 unspecified atom stereocenters. The van der Waals surface area contributed by atoms with Gasteiger partial charge in [0.2, 0.25) is 10.0 Å². The number of carbonyl (C=O) groups excluding carboxylic acids is 1. The molecular formula is C26H32N2O4S2. The average molecular weight is 501 g/mol. The number of anilines is 2. The number of hydrogen-bond donors (Lipinski definition) is 1. The van der Waals surface area contributed by atoms with Crippen LogP contribution in [0.3, 0.4) is 0 Å². The van der Waals surface area contributed by atoms with Gasteiger partial charge in [0.05, 0.1) is 6.26 Å². The maximum atomic E-state index is 13.8. The Hall–Kier alpha value is -2.03. The second-order valence-electron chi connectivity index (χ2n) is 10.1. The zero-order chi connectivity index (χ0) is 23.9. The van der Waals surface area contributed by atoms with E-state index in [0.29, 0.717) is 17.8 Å². The van der Waals surface area contributed by atoms with Crippen LogP contribution in [0.15, 0.2) is 47.4 Å². The molecule has 6 nitrogen and oxygen atoms in total. The van der Waals surface area contributed by atoms with Crippen molar-refractivity contribution in [2.24, 2.45) is 0 Å². The van der Waals surface area contributed by atoms with E-state index in [1.165, 1.54) is 6.42 Å². The molecular weight excluding hydrogens is 468 g/mol. The lowest BCUT2D eigenvalue weighted by atomic mass is 9.70. The summed E-state index contributed by atoms with van der Waals surface area (Å²) in [5.74, 6) is -0.0854. The van der Waals surface area contributed by atoms with Gasteiger partial charge in [0.1, 0.15) is 5.25 Å². The van der Waals surface area contributed by atoms with Gasteiger partial charge in [-0.2, -0.15) is 0 Å². The molecule has 1 atom stereocenters. The van der Waals surface area contributed by atoms with Crippen LogP contribution in [0, 0.1) is 0 Å². The standard InChI is InChI=1S/C26H32N2O4S2/c1-34(31,32)27-20-12-13-24-23(17-20)26(14-5-2-6-15-26)18-28(24)25(29)19-8-7-11-22(16-19)33(30)21-9-3-4-10-21/h7-8,11-13,16-17,21,27H,2-6,9-10,14-15,18H2,1H3. The van der Waals surface area contributed by atoms with Crippen molar-refractivity contribution in [3.05, 3.63) is 53.6 Å². The Kier molecular flexibility index (Phi) is 6.42. The zero-order valence-electron chi connectivity index (χ0n) is 19.6. The highest BCUT2D eigenvalue weighted by Crippen LogP contribution is 2.50. The quantitative estimate of drug-likeness (QED) is 0.587. The molecule has 34 heavy (non-hydrogen) atoms. The summed E-state index contributed by atoms with van der Waals surface area (Å²) in [5.41, 5.74) is 2.85. The molecule has 182 valence electrons. The molecule has 0 bridgehead atoms. The van der Waals surface area contributed by atoms with Crippen molar-refractivity contribution in [1.29, 1.82) is 0 Å². The first-order valence-corrected chi connectivity index (χ1v) is 15.3.